The molecule has 1 saturated carbocycles. The first-order chi connectivity index (χ1) is 9.51. The van der Waals surface area contributed by atoms with E-state index in [2.05, 4.69) is 12.1 Å². The number of likely N-dealkylation sites (tertiary alicyclic amines) is 1. The molecule has 106 valence electrons. The van der Waals surface area contributed by atoms with E-state index in [0.29, 0.717) is 25.4 Å². The largest absolute Gasteiger partial charge is 0.481 e. The van der Waals surface area contributed by atoms with Crippen molar-refractivity contribution in [3.8, 4) is 0 Å². The van der Waals surface area contributed by atoms with Crippen molar-refractivity contribution in [2.75, 3.05) is 13.1 Å². The van der Waals surface area contributed by atoms with Gasteiger partial charge in [0.2, 0.25) is 5.91 Å². The highest BCUT2D eigenvalue weighted by Crippen LogP contribution is 2.49. The maximum absolute atomic E-state index is 12.4. The first-order valence-corrected chi connectivity index (χ1v) is 7.08. The van der Waals surface area contributed by atoms with Gasteiger partial charge in [-0.25, -0.2) is 0 Å². The molecule has 3 atom stereocenters. The Hall–Kier alpha value is -1.84. The average molecular weight is 273 g/mol. The zero-order chi connectivity index (χ0) is 14.3. The van der Waals surface area contributed by atoms with E-state index in [1.807, 2.05) is 18.2 Å². The first kappa shape index (κ1) is 13.2. The number of carbonyl (C=O) groups is 2. The van der Waals surface area contributed by atoms with Crippen LogP contribution in [0.4, 0.5) is 0 Å². The van der Waals surface area contributed by atoms with Crippen LogP contribution in [0.2, 0.25) is 0 Å². The molecular weight excluding hydrogens is 254 g/mol. The van der Waals surface area contributed by atoms with Crippen molar-refractivity contribution in [2.24, 2.45) is 11.3 Å². The fourth-order valence-electron chi connectivity index (χ4n) is 3.09. The highest BCUT2D eigenvalue weighted by Gasteiger charge is 2.49. The summed E-state index contributed by atoms with van der Waals surface area (Å²) in [7, 11) is 0. The van der Waals surface area contributed by atoms with Crippen LogP contribution in [-0.2, 0) is 9.59 Å². The Morgan fingerprint density at radius 3 is 2.60 bits per heavy atom. The number of carboxylic acids is 1. The Bertz CT molecular complexity index is 542. The highest BCUT2D eigenvalue weighted by molar-refractivity contribution is 5.85. The van der Waals surface area contributed by atoms with Crippen molar-refractivity contribution in [1.82, 2.24) is 4.90 Å². The summed E-state index contributed by atoms with van der Waals surface area (Å²) in [5.41, 5.74) is 0.443. The SMILES string of the molecule is CC1(C(=O)O)CCN(C(=O)C2CC2c2ccccc2)C1. The summed E-state index contributed by atoms with van der Waals surface area (Å²) in [6.45, 7) is 2.64. The molecule has 1 heterocycles. The Balaban J connectivity index is 1.64. The summed E-state index contributed by atoms with van der Waals surface area (Å²) < 4.78 is 0. The van der Waals surface area contributed by atoms with Gasteiger partial charge < -0.3 is 10.0 Å². The number of carboxylic acid groups (broad SMARTS) is 1. The van der Waals surface area contributed by atoms with Crippen LogP contribution in [0.5, 0.6) is 0 Å². The standard InChI is InChI=1S/C16H19NO3/c1-16(15(19)20)7-8-17(10-16)14(18)13-9-12(13)11-5-3-2-4-6-11/h2-6,12-13H,7-10H2,1H3,(H,19,20). The Morgan fingerprint density at radius 2 is 2.00 bits per heavy atom. The van der Waals surface area contributed by atoms with Gasteiger partial charge in [0.1, 0.15) is 0 Å². The predicted octanol–water partition coefficient (Wildman–Crippen LogP) is 2.11. The zero-order valence-corrected chi connectivity index (χ0v) is 11.6. The summed E-state index contributed by atoms with van der Waals surface area (Å²) in [5, 5.41) is 9.22. The van der Waals surface area contributed by atoms with E-state index < -0.39 is 11.4 Å². The topological polar surface area (TPSA) is 57.6 Å². The lowest BCUT2D eigenvalue weighted by Crippen LogP contribution is -2.35. The van der Waals surface area contributed by atoms with Crippen LogP contribution >= 0.6 is 0 Å². The second kappa shape index (κ2) is 4.62. The fourth-order valence-corrected chi connectivity index (χ4v) is 3.09. The van der Waals surface area contributed by atoms with Crippen molar-refractivity contribution >= 4 is 11.9 Å². The van der Waals surface area contributed by atoms with Gasteiger partial charge in [-0.2, -0.15) is 0 Å². The second-order valence-corrected chi connectivity index (χ2v) is 6.23. The van der Waals surface area contributed by atoms with Gasteiger partial charge >= 0.3 is 5.97 Å². The Morgan fingerprint density at radius 1 is 1.30 bits per heavy atom. The molecule has 0 bridgehead atoms. The molecule has 0 radical (unpaired) electrons. The molecule has 20 heavy (non-hydrogen) atoms. The van der Waals surface area contributed by atoms with E-state index in [0.717, 1.165) is 6.42 Å². The van der Waals surface area contributed by atoms with Crippen molar-refractivity contribution in [1.29, 1.82) is 0 Å². The quantitative estimate of drug-likeness (QED) is 0.917. The molecule has 1 amide bonds. The minimum Gasteiger partial charge on any atom is -0.481 e. The van der Waals surface area contributed by atoms with Crippen molar-refractivity contribution in [2.45, 2.75) is 25.7 Å². The van der Waals surface area contributed by atoms with Gasteiger partial charge in [-0.05, 0) is 31.2 Å². The van der Waals surface area contributed by atoms with Crippen molar-refractivity contribution in [3.63, 3.8) is 0 Å². The predicted molar refractivity (Wildman–Crippen MR) is 74.2 cm³/mol. The van der Waals surface area contributed by atoms with Gasteiger partial charge in [0.25, 0.3) is 0 Å². The van der Waals surface area contributed by atoms with E-state index >= 15 is 0 Å². The first-order valence-electron chi connectivity index (χ1n) is 7.08. The smallest absolute Gasteiger partial charge is 0.311 e. The molecule has 1 aromatic rings. The third-order valence-corrected chi connectivity index (χ3v) is 4.64. The van der Waals surface area contributed by atoms with E-state index in [4.69, 9.17) is 0 Å². The molecule has 0 aromatic heterocycles. The summed E-state index contributed by atoms with van der Waals surface area (Å²) in [6, 6.07) is 10.1. The lowest BCUT2D eigenvalue weighted by atomic mass is 9.90. The van der Waals surface area contributed by atoms with Crippen LogP contribution in [0.15, 0.2) is 30.3 Å². The number of hydrogen-bond donors (Lipinski definition) is 1. The molecule has 1 N–H and O–H groups in total. The number of nitrogens with zero attached hydrogens (tertiary/aromatic N) is 1. The average Bonchev–Trinajstić information content (AvgIpc) is 3.15. The molecule has 3 rings (SSSR count). The van der Waals surface area contributed by atoms with Gasteiger partial charge in [-0.3, -0.25) is 9.59 Å². The minimum absolute atomic E-state index is 0.0496. The third-order valence-electron chi connectivity index (χ3n) is 4.64. The molecule has 1 aromatic carbocycles. The normalized spacial score (nSPS) is 32.1. The van der Waals surface area contributed by atoms with Crippen molar-refractivity contribution in [3.05, 3.63) is 35.9 Å². The number of amides is 1. The van der Waals surface area contributed by atoms with E-state index in [9.17, 15) is 14.7 Å². The summed E-state index contributed by atoms with van der Waals surface area (Å²) >= 11 is 0. The van der Waals surface area contributed by atoms with Gasteiger partial charge in [-0.1, -0.05) is 30.3 Å². The van der Waals surface area contributed by atoms with Gasteiger partial charge in [-0.15, -0.1) is 0 Å². The maximum Gasteiger partial charge on any atom is 0.311 e. The summed E-state index contributed by atoms with van der Waals surface area (Å²) in [4.78, 5) is 25.4. The summed E-state index contributed by atoms with van der Waals surface area (Å²) in [6.07, 6.45) is 1.44. The molecule has 2 aliphatic rings. The van der Waals surface area contributed by atoms with Crippen molar-refractivity contribution < 1.29 is 14.7 Å². The lowest BCUT2D eigenvalue weighted by Gasteiger charge is -2.20. The highest BCUT2D eigenvalue weighted by atomic mass is 16.4. The molecule has 1 aliphatic heterocycles. The summed E-state index contributed by atoms with van der Waals surface area (Å²) in [5.74, 6) is -0.305. The lowest BCUT2D eigenvalue weighted by molar-refractivity contribution is -0.147. The molecule has 0 spiro atoms. The Labute approximate surface area is 118 Å². The number of hydrogen-bond acceptors (Lipinski definition) is 2. The number of carbonyl (C=O) groups excluding carboxylic acids is 1. The van der Waals surface area contributed by atoms with Crippen LogP contribution in [0, 0.1) is 11.3 Å². The number of benzene rings is 1. The molecule has 1 aliphatic carbocycles. The second-order valence-electron chi connectivity index (χ2n) is 6.23. The zero-order valence-electron chi connectivity index (χ0n) is 11.6. The fraction of sp³-hybridized carbons (Fsp3) is 0.500. The van der Waals surface area contributed by atoms with E-state index in [1.165, 1.54) is 5.56 Å². The van der Waals surface area contributed by atoms with Gasteiger partial charge in [0.05, 0.1) is 5.41 Å². The molecule has 2 fully saturated rings. The molecule has 1 saturated heterocycles. The van der Waals surface area contributed by atoms with E-state index in [-0.39, 0.29) is 11.8 Å². The van der Waals surface area contributed by atoms with E-state index in [1.54, 1.807) is 11.8 Å². The van der Waals surface area contributed by atoms with Gasteiger partial charge in [0.15, 0.2) is 0 Å². The van der Waals surface area contributed by atoms with Crippen LogP contribution in [0.1, 0.15) is 31.2 Å². The molecular formula is C16H19NO3. The van der Waals surface area contributed by atoms with Crippen LogP contribution < -0.4 is 0 Å². The van der Waals surface area contributed by atoms with Crippen LogP contribution in [0.3, 0.4) is 0 Å². The number of aliphatic carboxylic acids is 1. The Kier molecular flexibility index (Phi) is 3.04. The molecule has 3 unspecified atom stereocenters. The van der Waals surface area contributed by atoms with Crippen LogP contribution in [0.25, 0.3) is 0 Å². The monoisotopic (exact) mass is 273 g/mol. The third kappa shape index (κ3) is 2.19. The molecule has 4 nitrogen and oxygen atoms in total. The van der Waals surface area contributed by atoms with Gasteiger partial charge in [0, 0.05) is 19.0 Å². The molecule has 4 heteroatoms. The number of rotatable bonds is 3. The maximum atomic E-state index is 12.4. The minimum atomic E-state index is -0.803. The van der Waals surface area contributed by atoms with Crippen LogP contribution in [-0.4, -0.2) is 35.0 Å².